The van der Waals surface area contributed by atoms with E-state index in [1.165, 1.54) is 18.2 Å². The molecule has 0 aliphatic heterocycles. The molecule has 14 heavy (non-hydrogen) atoms. The van der Waals surface area contributed by atoms with Crippen molar-refractivity contribution in [2.75, 3.05) is 0 Å². The third kappa shape index (κ3) is 2.56. The molecule has 0 fully saturated rings. The van der Waals surface area contributed by atoms with Crippen LogP contribution >= 0.6 is 0 Å². The average Bonchev–Trinajstić information content (AvgIpc) is 2.17. The fourth-order valence-electron chi connectivity index (χ4n) is 0.942. The van der Waals surface area contributed by atoms with E-state index in [2.05, 4.69) is 5.32 Å². The fraction of sp³-hybridized carbons (Fsp3) is 0.200. The van der Waals surface area contributed by atoms with Crippen LogP contribution in [-0.2, 0) is 0 Å². The van der Waals surface area contributed by atoms with Gasteiger partial charge in [-0.2, -0.15) is 5.26 Å². The highest BCUT2D eigenvalue weighted by molar-refractivity contribution is 5.94. The van der Waals surface area contributed by atoms with Crippen molar-refractivity contribution in [2.45, 2.75) is 13.0 Å². The van der Waals surface area contributed by atoms with Gasteiger partial charge in [-0.1, -0.05) is 6.07 Å². The zero-order valence-electron chi connectivity index (χ0n) is 7.62. The molecular formula is C10H9FN2O. The predicted molar refractivity (Wildman–Crippen MR) is 48.9 cm³/mol. The standard InChI is InChI=1S/C10H9FN2O/c1-7(6-12)13-10(14)8-3-2-4-9(11)5-8/h2-5,7H,1H3,(H,13,14). The molecule has 1 rings (SSSR count). The predicted octanol–water partition coefficient (Wildman–Crippen LogP) is 1.47. The first-order valence-corrected chi connectivity index (χ1v) is 4.09. The van der Waals surface area contributed by atoms with Gasteiger partial charge in [-0.25, -0.2) is 4.39 Å². The Bertz CT molecular complexity index is 384. The number of amides is 1. The maximum Gasteiger partial charge on any atom is 0.252 e. The van der Waals surface area contributed by atoms with Gasteiger partial charge >= 0.3 is 0 Å². The zero-order chi connectivity index (χ0) is 10.6. The Morgan fingerprint density at radius 2 is 2.36 bits per heavy atom. The minimum atomic E-state index is -0.578. The van der Waals surface area contributed by atoms with Gasteiger partial charge in [-0.05, 0) is 25.1 Å². The van der Waals surface area contributed by atoms with E-state index < -0.39 is 17.8 Å². The van der Waals surface area contributed by atoms with Crippen molar-refractivity contribution in [2.24, 2.45) is 0 Å². The minimum absolute atomic E-state index is 0.215. The second-order valence-electron chi connectivity index (χ2n) is 2.83. The topological polar surface area (TPSA) is 52.9 Å². The Morgan fingerprint density at radius 1 is 1.64 bits per heavy atom. The third-order valence-electron chi connectivity index (χ3n) is 1.63. The van der Waals surface area contributed by atoms with Crippen LogP contribution in [0.15, 0.2) is 24.3 Å². The molecule has 0 radical (unpaired) electrons. The molecule has 72 valence electrons. The Kier molecular flexibility index (Phi) is 3.19. The van der Waals surface area contributed by atoms with Crippen molar-refractivity contribution in [1.82, 2.24) is 5.32 Å². The molecule has 1 amide bonds. The van der Waals surface area contributed by atoms with Gasteiger partial charge in [0.25, 0.3) is 5.91 Å². The summed E-state index contributed by atoms with van der Waals surface area (Å²) < 4.78 is 12.7. The van der Waals surface area contributed by atoms with E-state index in [1.807, 2.05) is 6.07 Å². The lowest BCUT2D eigenvalue weighted by molar-refractivity contribution is 0.0947. The number of carbonyl (C=O) groups is 1. The molecule has 0 aliphatic carbocycles. The second-order valence-corrected chi connectivity index (χ2v) is 2.83. The highest BCUT2D eigenvalue weighted by Crippen LogP contribution is 2.03. The van der Waals surface area contributed by atoms with E-state index in [4.69, 9.17) is 5.26 Å². The molecule has 0 aliphatic rings. The summed E-state index contributed by atoms with van der Waals surface area (Å²) >= 11 is 0. The summed E-state index contributed by atoms with van der Waals surface area (Å²) in [5, 5.41) is 10.9. The molecule has 0 bridgehead atoms. The van der Waals surface area contributed by atoms with Gasteiger partial charge in [-0.15, -0.1) is 0 Å². The lowest BCUT2D eigenvalue weighted by Crippen LogP contribution is -2.31. The summed E-state index contributed by atoms with van der Waals surface area (Å²) in [5.74, 6) is -0.916. The molecule has 1 atom stereocenters. The Morgan fingerprint density at radius 3 is 2.93 bits per heavy atom. The largest absolute Gasteiger partial charge is 0.337 e. The number of halogens is 1. The molecule has 0 saturated carbocycles. The first-order chi connectivity index (χ1) is 6.63. The lowest BCUT2D eigenvalue weighted by Gasteiger charge is -2.05. The van der Waals surface area contributed by atoms with Crippen LogP contribution in [0.5, 0.6) is 0 Å². The van der Waals surface area contributed by atoms with E-state index in [0.29, 0.717) is 0 Å². The van der Waals surface area contributed by atoms with Crippen LogP contribution in [0.1, 0.15) is 17.3 Å². The lowest BCUT2D eigenvalue weighted by atomic mass is 10.2. The SMILES string of the molecule is CC(C#N)NC(=O)c1cccc(F)c1. The van der Waals surface area contributed by atoms with Gasteiger partial charge in [0.2, 0.25) is 0 Å². The smallest absolute Gasteiger partial charge is 0.252 e. The van der Waals surface area contributed by atoms with E-state index in [-0.39, 0.29) is 5.56 Å². The molecule has 0 aromatic heterocycles. The molecule has 0 heterocycles. The Labute approximate surface area is 81.2 Å². The van der Waals surface area contributed by atoms with E-state index in [0.717, 1.165) is 6.07 Å². The van der Waals surface area contributed by atoms with E-state index >= 15 is 0 Å². The molecule has 3 nitrogen and oxygen atoms in total. The van der Waals surface area contributed by atoms with Crippen molar-refractivity contribution >= 4 is 5.91 Å². The van der Waals surface area contributed by atoms with Gasteiger partial charge < -0.3 is 5.32 Å². The van der Waals surface area contributed by atoms with Crippen LogP contribution in [0.4, 0.5) is 4.39 Å². The Hall–Kier alpha value is -1.89. The van der Waals surface area contributed by atoms with E-state index in [9.17, 15) is 9.18 Å². The van der Waals surface area contributed by atoms with Gasteiger partial charge in [0.05, 0.1) is 6.07 Å². The quantitative estimate of drug-likeness (QED) is 0.771. The van der Waals surface area contributed by atoms with Gasteiger partial charge in [0.15, 0.2) is 0 Å². The summed E-state index contributed by atoms with van der Waals surface area (Å²) in [6.45, 7) is 1.55. The third-order valence-corrected chi connectivity index (χ3v) is 1.63. The fourth-order valence-corrected chi connectivity index (χ4v) is 0.942. The van der Waals surface area contributed by atoms with Crippen molar-refractivity contribution in [3.63, 3.8) is 0 Å². The highest BCUT2D eigenvalue weighted by atomic mass is 19.1. The molecule has 4 heteroatoms. The number of nitrogens with zero attached hydrogens (tertiary/aromatic N) is 1. The van der Waals surface area contributed by atoms with Crippen LogP contribution in [0.3, 0.4) is 0 Å². The van der Waals surface area contributed by atoms with Crippen LogP contribution < -0.4 is 5.32 Å². The number of nitriles is 1. The number of hydrogen-bond acceptors (Lipinski definition) is 2. The second kappa shape index (κ2) is 4.38. The molecule has 1 N–H and O–H groups in total. The maximum absolute atomic E-state index is 12.7. The normalized spacial score (nSPS) is 11.5. The number of hydrogen-bond donors (Lipinski definition) is 1. The first kappa shape index (κ1) is 10.2. The number of rotatable bonds is 2. The maximum atomic E-state index is 12.7. The summed E-state index contributed by atoms with van der Waals surface area (Å²) in [6.07, 6.45) is 0. The van der Waals surface area contributed by atoms with Crippen molar-refractivity contribution < 1.29 is 9.18 Å². The van der Waals surface area contributed by atoms with Crippen LogP contribution in [0.25, 0.3) is 0 Å². The van der Waals surface area contributed by atoms with Gasteiger partial charge in [0.1, 0.15) is 11.9 Å². The molecule has 1 unspecified atom stereocenters. The molecule has 1 aromatic rings. The Balaban J connectivity index is 2.76. The summed E-state index contributed by atoms with van der Waals surface area (Å²) in [7, 11) is 0. The molecule has 1 aromatic carbocycles. The number of carbonyl (C=O) groups excluding carboxylic acids is 1. The summed E-state index contributed by atoms with van der Waals surface area (Å²) in [4.78, 5) is 11.3. The molecule has 0 spiro atoms. The monoisotopic (exact) mass is 192 g/mol. The first-order valence-electron chi connectivity index (χ1n) is 4.09. The summed E-state index contributed by atoms with van der Waals surface area (Å²) in [6, 6.07) is 6.59. The van der Waals surface area contributed by atoms with Crippen LogP contribution in [0, 0.1) is 17.1 Å². The van der Waals surface area contributed by atoms with E-state index in [1.54, 1.807) is 6.92 Å². The highest BCUT2D eigenvalue weighted by Gasteiger charge is 2.08. The van der Waals surface area contributed by atoms with Gasteiger partial charge in [-0.3, -0.25) is 4.79 Å². The minimum Gasteiger partial charge on any atom is -0.337 e. The number of nitrogens with one attached hydrogen (secondary N) is 1. The van der Waals surface area contributed by atoms with Gasteiger partial charge in [0, 0.05) is 5.56 Å². The van der Waals surface area contributed by atoms with Crippen molar-refractivity contribution in [3.05, 3.63) is 35.6 Å². The van der Waals surface area contributed by atoms with Crippen LogP contribution in [0.2, 0.25) is 0 Å². The average molecular weight is 192 g/mol. The number of benzene rings is 1. The van der Waals surface area contributed by atoms with Crippen LogP contribution in [-0.4, -0.2) is 11.9 Å². The van der Waals surface area contributed by atoms with Crippen molar-refractivity contribution in [3.8, 4) is 6.07 Å². The zero-order valence-corrected chi connectivity index (χ0v) is 7.62. The van der Waals surface area contributed by atoms with Crippen molar-refractivity contribution in [1.29, 1.82) is 5.26 Å². The molecule has 0 saturated heterocycles. The summed E-state index contributed by atoms with van der Waals surface area (Å²) in [5.41, 5.74) is 0.215. The molecular weight excluding hydrogens is 183 g/mol.